The Morgan fingerprint density at radius 3 is 2.81 bits per heavy atom. The van der Waals surface area contributed by atoms with Gasteiger partial charge < -0.3 is 5.32 Å². The average molecular weight is 318 g/mol. The average Bonchev–Trinajstić information content (AvgIpc) is 2.50. The molecule has 2 heterocycles. The van der Waals surface area contributed by atoms with Crippen LogP contribution in [0.3, 0.4) is 0 Å². The number of pyridine rings is 2. The van der Waals surface area contributed by atoms with Crippen molar-refractivity contribution in [3.8, 4) is 0 Å². The molecule has 3 aromatic rings. The van der Waals surface area contributed by atoms with Crippen molar-refractivity contribution in [3.63, 3.8) is 0 Å². The summed E-state index contributed by atoms with van der Waals surface area (Å²) < 4.78 is 0. The molecule has 104 valence electrons. The molecule has 3 rings (SSSR count). The van der Waals surface area contributed by atoms with E-state index in [0.717, 1.165) is 10.8 Å². The number of amides is 1. The summed E-state index contributed by atoms with van der Waals surface area (Å²) in [4.78, 5) is 20.3. The van der Waals surface area contributed by atoms with Gasteiger partial charge in [0.1, 0.15) is 10.8 Å². The fourth-order valence-corrected chi connectivity index (χ4v) is 2.32. The number of carbonyl (C=O) groups excluding carboxylic acids is 1. The molecule has 0 radical (unpaired) electrons. The Labute approximate surface area is 130 Å². The molecular weight excluding hydrogens is 309 g/mol. The summed E-state index contributed by atoms with van der Waals surface area (Å²) in [6, 6.07) is 10.5. The number of nitrogens with zero attached hydrogens (tertiary/aromatic N) is 2. The Morgan fingerprint density at radius 1 is 1.10 bits per heavy atom. The van der Waals surface area contributed by atoms with E-state index < -0.39 is 5.91 Å². The summed E-state index contributed by atoms with van der Waals surface area (Å²) in [6.07, 6.45) is 3.39. The highest BCUT2D eigenvalue weighted by molar-refractivity contribution is 6.35. The molecule has 0 saturated heterocycles. The quantitative estimate of drug-likeness (QED) is 0.721. The fourth-order valence-electron chi connectivity index (χ4n) is 1.98. The number of aromatic nitrogens is 2. The molecule has 0 aliphatic rings. The van der Waals surface area contributed by atoms with E-state index in [1.165, 1.54) is 12.1 Å². The molecule has 0 unspecified atom stereocenters. The van der Waals surface area contributed by atoms with E-state index in [0.29, 0.717) is 5.69 Å². The minimum absolute atomic E-state index is 0.0880. The van der Waals surface area contributed by atoms with Gasteiger partial charge in [0.2, 0.25) is 0 Å². The highest BCUT2D eigenvalue weighted by Gasteiger charge is 2.14. The second kappa shape index (κ2) is 5.68. The minimum atomic E-state index is -0.418. The zero-order valence-corrected chi connectivity index (χ0v) is 12.2. The first kappa shape index (κ1) is 13.8. The molecule has 0 bridgehead atoms. The molecule has 1 amide bonds. The predicted molar refractivity (Wildman–Crippen MR) is 84.0 cm³/mol. The monoisotopic (exact) mass is 317 g/mol. The summed E-state index contributed by atoms with van der Waals surface area (Å²) >= 11 is 11.8. The first-order valence-corrected chi connectivity index (χ1v) is 6.87. The Bertz CT molecular complexity index is 831. The van der Waals surface area contributed by atoms with Crippen LogP contribution in [-0.2, 0) is 0 Å². The fraction of sp³-hybridized carbons (Fsp3) is 0. The Morgan fingerprint density at radius 2 is 1.95 bits per heavy atom. The second-order valence-corrected chi connectivity index (χ2v) is 5.12. The molecule has 0 aliphatic heterocycles. The van der Waals surface area contributed by atoms with Crippen molar-refractivity contribution in [2.24, 2.45) is 0 Å². The summed E-state index contributed by atoms with van der Waals surface area (Å²) in [5, 5.41) is 5.06. The van der Waals surface area contributed by atoms with Gasteiger partial charge in [0.15, 0.2) is 0 Å². The van der Waals surface area contributed by atoms with Crippen molar-refractivity contribution in [2.45, 2.75) is 0 Å². The number of carbonyl (C=O) groups is 1. The summed E-state index contributed by atoms with van der Waals surface area (Å²) in [5.41, 5.74) is 0.730. The van der Waals surface area contributed by atoms with Crippen molar-refractivity contribution in [3.05, 3.63) is 64.7 Å². The molecule has 0 atom stereocenters. The lowest BCUT2D eigenvalue weighted by atomic mass is 10.1. The third kappa shape index (κ3) is 2.82. The smallest absolute Gasteiger partial charge is 0.275 e. The molecule has 0 fully saturated rings. The van der Waals surface area contributed by atoms with Gasteiger partial charge in [0, 0.05) is 17.8 Å². The van der Waals surface area contributed by atoms with Crippen LogP contribution in [0.15, 0.2) is 48.8 Å². The number of anilines is 1. The van der Waals surface area contributed by atoms with Crippen molar-refractivity contribution >= 4 is 45.6 Å². The van der Waals surface area contributed by atoms with E-state index in [9.17, 15) is 4.79 Å². The molecule has 1 aromatic carbocycles. The number of hydrogen-bond acceptors (Lipinski definition) is 3. The lowest BCUT2D eigenvalue weighted by Crippen LogP contribution is -2.14. The third-order valence-electron chi connectivity index (χ3n) is 2.96. The van der Waals surface area contributed by atoms with Crippen molar-refractivity contribution in [1.82, 2.24) is 9.97 Å². The highest BCUT2D eigenvalue weighted by atomic mass is 35.5. The molecule has 0 spiro atoms. The molecule has 21 heavy (non-hydrogen) atoms. The van der Waals surface area contributed by atoms with Gasteiger partial charge in [-0.25, -0.2) is 4.98 Å². The standard InChI is InChI=1S/C15H9Cl2N3O/c16-11-4-5-13(17)20-14(11)15(21)19-12-3-1-2-9-6-7-18-8-10(9)12/h1-8H,(H,19,21). The minimum Gasteiger partial charge on any atom is -0.320 e. The lowest BCUT2D eigenvalue weighted by molar-refractivity contribution is 0.102. The van der Waals surface area contributed by atoms with Crippen LogP contribution in [0.2, 0.25) is 10.2 Å². The van der Waals surface area contributed by atoms with E-state index >= 15 is 0 Å². The SMILES string of the molecule is O=C(Nc1cccc2ccncc12)c1nc(Cl)ccc1Cl. The van der Waals surface area contributed by atoms with Crippen LogP contribution in [0.1, 0.15) is 10.5 Å². The molecule has 1 N–H and O–H groups in total. The molecular formula is C15H9Cl2N3O. The Kier molecular flexibility index (Phi) is 3.73. The van der Waals surface area contributed by atoms with Crippen LogP contribution in [0.5, 0.6) is 0 Å². The zero-order valence-electron chi connectivity index (χ0n) is 10.7. The summed E-state index contributed by atoms with van der Waals surface area (Å²) in [5.74, 6) is -0.418. The first-order valence-electron chi connectivity index (χ1n) is 6.11. The Hall–Kier alpha value is -2.17. The van der Waals surface area contributed by atoms with Crippen LogP contribution in [0.25, 0.3) is 10.8 Å². The molecule has 6 heteroatoms. The van der Waals surface area contributed by atoms with Crippen LogP contribution in [0, 0.1) is 0 Å². The van der Waals surface area contributed by atoms with Crippen molar-refractivity contribution in [1.29, 1.82) is 0 Å². The first-order chi connectivity index (χ1) is 10.1. The van der Waals surface area contributed by atoms with Crippen LogP contribution in [-0.4, -0.2) is 15.9 Å². The van der Waals surface area contributed by atoms with Crippen LogP contribution >= 0.6 is 23.2 Å². The number of halogens is 2. The van der Waals surface area contributed by atoms with E-state index in [1.807, 2.05) is 18.2 Å². The topological polar surface area (TPSA) is 54.9 Å². The molecule has 4 nitrogen and oxygen atoms in total. The van der Waals surface area contributed by atoms with Gasteiger partial charge in [0.05, 0.1) is 10.7 Å². The molecule has 0 aliphatic carbocycles. The van der Waals surface area contributed by atoms with Crippen molar-refractivity contribution < 1.29 is 4.79 Å². The number of nitrogens with one attached hydrogen (secondary N) is 1. The van der Waals surface area contributed by atoms with E-state index in [-0.39, 0.29) is 15.9 Å². The molecule has 0 saturated carbocycles. The van der Waals surface area contributed by atoms with E-state index in [1.54, 1.807) is 18.5 Å². The number of hydrogen-bond donors (Lipinski definition) is 1. The third-order valence-corrected chi connectivity index (χ3v) is 3.47. The zero-order chi connectivity index (χ0) is 14.8. The lowest BCUT2D eigenvalue weighted by Gasteiger charge is -2.09. The Balaban J connectivity index is 1.99. The van der Waals surface area contributed by atoms with Crippen molar-refractivity contribution in [2.75, 3.05) is 5.32 Å². The van der Waals surface area contributed by atoms with Gasteiger partial charge in [0.25, 0.3) is 5.91 Å². The molecule has 2 aromatic heterocycles. The van der Waals surface area contributed by atoms with Gasteiger partial charge >= 0.3 is 0 Å². The largest absolute Gasteiger partial charge is 0.320 e. The highest BCUT2D eigenvalue weighted by Crippen LogP contribution is 2.24. The maximum absolute atomic E-state index is 12.3. The normalized spacial score (nSPS) is 10.6. The number of rotatable bonds is 2. The number of fused-ring (bicyclic) bond motifs is 1. The maximum atomic E-state index is 12.3. The second-order valence-electron chi connectivity index (χ2n) is 4.32. The van der Waals surface area contributed by atoms with Gasteiger partial charge in [-0.05, 0) is 29.7 Å². The van der Waals surface area contributed by atoms with E-state index in [4.69, 9.17) is 23.2 Å². The maximum Gasteiger partial charge on any atom is 0.275 e. The number of benzene rings is 1. The van der Waals surface area contributed by atoms with Gasteiger partial charge in [-0.2, -0.15) is 0 Å². The predicted octanol–water partition coefficient (Wildman–Crippen LogP) is 4.19. The van der Waals surface area contributed by atoms with Gasteiger partial charge in [-0.1, -0.05) is 35.3 Å². The summed E-state index contributed by atoms with van der Waals surface area (Å²) in [6.45, 7) is 0. The van der Waals surface area contributed by atoms with Crippen LogP contribution in [0.4, 0.5) is 5.69 Å². The van der Waals surface area contributed by atoms with Gasteiger partial charge in [-0.15, -0.1) is 0 Å². The van der Waals surface area contributed by atoms with Crippen LogP contribution < -0.4 is 5.32 Å². The van der Waals surface area contributed by atoms with Gasteiger partial charge in [-0.3, -0.25) is 9.78 Å². The summed E-state index contributed by atoms with van der Waals surface area (Å²) in [7, 11) is 0. The van der Waals surface area contributed by atoms with E-state index in [2.05, 4.69) is 15.3 Å².